The average Bonchev–Trinajstić information content (AvgIpc) is 3.10. The van der Waals surface area contributed by atoms with Gasteiger partial charge in [0, 0.05) is 31.7 Å². The van der Waals surface area contributed by atoms with E-state index in [-0.39, 0.29) is 23.6 Å². The van der Waals surface area contributed by atoms with Gasteiger partial charge >= 0.3 is 0 Å². The molecule has 0 spiro atoms. The molecule has 7 heteroatoms. The Balaban J connectivity index is 1.72. The Kier molecular flexibility index (Phi) is 4.57. The molecule has 122 valence electrons. The second-order valence-electron chi connectivity index (χ2n) is 5.75. The zero-order valence-electron chi connectivity index (χ0n) is 13.0. The Hall–Kier alpha value is -2.41. The molecule has 2 N–H and O–H groups in total. The maximum absolute atomic E-state index is 12.4. The van der Waals surface area contributed by atoms with Crippen LogP contribution in [-0.4, -0.2) is 39.7 Å². The van der Waals surface area contributed by atoms with Gasteiger partial charge in [0.2, 0.25) is 0 Å². The van der Waals surface area contributed by atoms with Crippen LogP contribution in [0.2, 0.25) is 0 Å². The summed E-state index contributed by atoms with van der Waals surface area (Å²) >= 11 is 0. The van der Waals surface area contributed by atoms with Gasteiger partial charge in [-0.1, -0.05) is 0 Å². The van der Waals surface area contributed by atoms with Crippen LogP contribution < -0.4 is 10.9 Å². The number of amides is 1. The van der Waals surface area contributed by atoms with Gasteiger partial charge in [-0.15, -0.1) is 0 Å². The van der Waals surface area contributed by atoms with Crippen molar-refractivity contribution in [3.05, 3.63) is 46.9 Å². The number of nitrogens with one attached hydrogen (secondary N) is 2. The SMILES string of the molecule is COC1CCC(NC(=O)c2cc(-n3ccnc3)c[nH]c2=O)CC1. The monoisotopic (exact) mass is 316 g/mol. The minimum absolute atomic E-state index is 0.0881. The molecule has 3 rings (SSSR count). The molecule has 23 heavy (non-hydrogen) atoms. The molecule has 2 heterocycles. The first-order valence-corrected chi connectivity index (χ1v) is 7.72. The summed E-state index contributed by atoms with van der Waals surface area (Å²) in [7, 11) is 1.71. The Labute approximate surface area is 133 Å². The number of imidazole rings is 1. The van der Waals surface area contributed by atoms with Gasteiger partial charge in [-0.2, -0.15) is 0 Å². The van der Waals surface area contributed by atoms with E-state index in [9.17, 15) is 9.59 Å². The van der Waals surface area contributed by atoms with Crippen molar-refractivity contribution in [1.82, 2.24) is 19.9 Å². The zero-order chi connectivity index (χ0) is 16.2. The minimum Gasteiger partial charge on any atom is -0.381 e. The molecule has 0 radical (unpaired) electrons. The maximum Gasteiger partial charge on any atom is 0.260 e. The summed E-state index contributed by atoms with van der Waals surface area (Å²) in [6.07, 6.45) is 10.4. The number of hydrogen-bond donors (Lipinski definition) is 2. The number of H-pyrrole nitrogens is 1. The zero-order valence-corrected chi connectivity index (χ0v) is 13.0. The van der Waals surface area contributed by atoms with E-state index in [4.69, 9.17) is 4.74 Å². The van der Waals surface area contributed by atoms with Crippen LogP contribution >= 0.6 is 0 Å². The molecule has 0 unspecified atom stereocenters. The average molecular weight is 316 g/mol. The van der Waals surface area contributed by atoms with Crippen molar-refractivity contribution in [2.24, 2.45) is 0 Å². The number of pyridine rings is 1. The second kappa shape index (κ2) is 6.78. The van der Waals surface area contributed by atoms with Crippen LogP contribution in [0, 0.1) is 0 Å². The van der Waals surface area contributed by atoms with E-state index in [0.717, 1.165) is 25.7 Å². The van der Waals surface area contributed by atoms with Gasteiger partial charge in [0.05, 0.1) is 18.1 Å². The molecule has 0 aliphatic heterocycles. The van der Waals surface area contributed by atoms with Gasteiger partial charge in [0.25, 0.3) is 11.5 Å². The van der Waals surface area contributed by atoms with Gasteiger partial charge in [-0.3, -0.25) is 9.59 Å². The first kappa shape index (κ1) is 15.5. The van der Waals surface area contributed by atoms with E-state index < -0.39 is 5.56 Å². The number of methoxy groups -OCH3 is 1. The van der Waals surface area contributed by atoms with E-state index in [0.29, 0.717) is 5.69 Å². The van der Waals surface area contributed by atoms with Gasteiger partial charge in [0.15, 0.2) is 0 Å². The number of aromatic amines is 1. The normalized spacial score (nSPS) is 21.1. The van der Waals surface area contributed by atoms with Crippen molar-refractivity contribution in [1.29, 1.82) is 0 Å². The summed E-state index contributed by atoms with van der Waals surface area (Å²) in [5.41, 5.74) is 0.414. The molecule has 1 aliphatic rings. The molecule has 7 nitrogen and oxygen atoms in total. The van der Waals surface area contributed by atoms with Crippen LogP contribution in [0.4, 0.5) is 0 Å². The molecule has 0 atom stereocenters. The number of hydrogen-bond acceptors (Lipinski definition) is 4. The Bertz CT molecular complexity index is 715. The van der Waals surface area contributed by atoms with E-state index >= 15 is 0 Å². The lowest BCUT2D eigenvalue weighted by Gasteiger charge is -2.28. The summed E-state index contributed by atoms with van der Waals surface area (Å²) in [5, 5.41) is 2.95. The highest BCUT2D eigenvalue weighted by Gasteiger charge is 2.23. The maximum atomic E-state index is 12.4. The number of nitrogens with zero attached hydrogens (tertiary/aromatic N) is 2. The van der Waals surface area contributed by atoms with Crippen molar-refractivity contribution in [2.75, 3.05) is 7.11 Å². The molecule has 1 saturated carbocycles. The molecule has 1 amide bonds. The lowest BCUT2D eigenvalue weighted by Crippen LogP contribution is -2.40. The first-order chi connectivity index (χ1) is 11.2. The summed E-state index contributed by atoms with van der Waals surface area (Å²) in [5.74, 6) is -0.339. The fourth-order valence-electron chi connectivity index (χ4n) is 2.91. The van der Waals surface area contributed by atoms with Crippen LogP contribution in [0.25, 0.3) is 5.69 Å². The lowest BCUT2D eigenvalue weighted by molar-refractivity contribution is 0.0599. The molecule has 0 aromatic carbocycles. The van der Waals surface area contributed by atoms with Crippen LogP contribution in [0.3, 0.4) is 0 Å². The largest absolute Gasteiger partial charge is 0.381 e. The van der Waals surface area contributed by atoms with E-state index in [1.165, 1.54) is 0 Å². The van der Waals surface area contributed by atoms with Crippen molar-refractivity contribution < 1.29 is 9.53 Å². The highest BCUT2D eigenvalue weighted by molar-refractivity contribution is 5.94. The standard InChI is InChI=1S/C16H20N4O3/c1-23-13-4-2-11(3-5-13)19-16(22)14-8-12(9-18-15(14)21)20-7-6-17-10-20/h6-11,13H,2-5H2,1H3,(H,18,21)(H,19,22). The summed E-state index contributed by atoms with van der Waals surface area (Å²) in [6, 6.07) is 1.67. The fourth-order valence-corrected chi connectivity index (χ4v) is 2.91. The van der Waals surface area contributed by atoms with Gasteiger partial charge < -0.3 is 19.6 Å². The number of carbonyl (C=O) groups excluding carboxylic acids is 1. The van der Waals surface area contributed by atoms with Gasteiger partial charge in [-0.25, -0.2) is 4.98 Å². The van der Waals surface area contributed by atoms with Crippen molar-refractivity contribution in [3.63, 3.8) is 0 Å². The molecule has 0 saturated heterocycles. The predicted molar refractivity (Wildman–Crippen MR) is 84.7 cm³/mol. The highest BCUT2D eigenvalue weighted by atomic mass is 16.5. The van der Waals surface area contributed by atoms with Crippen LogP contribution in [0.1, 0.15) is 36.0 Å². The molecule has 2 aromatic rings. The first-order valence-electron chi connectivity index (χ1n) is 7.72. The van der Waals surface area contributed by atoms with Crippen molar-refractivity contribution >= 4 is 5.91 Å². The third-order valence-electron chi connectivity index (χ3n) is 4.28. The molecule has 1 aliphatic carbocycles. The second-order valence-corrected chi connectivity index (χ2v) is 5.75. The minimum atomic E-state index is -0.392. The van der Waals surface area contributed by atoms with Crippen LogP contribution in [-0.2, 0) is 4.74 Å². The van der Waals surface area contributed by atoms with Crippen LogP contribution in [0.5, 0.6) is 0 Å². The number of aromatic nitrogens is 3. The molecule has 2 aromatic heterocycles. The number of ether oxygens (including phenoxy) is 1. The Morgan fingerprint density at radius 2 is 2.17 bits per heavy atom. The Morgan fingerprint density at radius 3 is 2.83 bits per heavy atom. The lowest BCUT2D eigenvalue weighted by atomic mass is 9.93. The fraction of sp³-hybridized carbons (Fsp3) is 0.438. The van der Waals surface area contributed by atoms with Crippen LogP contribution in [0.15, 0.2) is 35.8 Å². The third kappa shape index (κ3) is 3.50. The number of carbonyl (C=O) groups is 1. The predicted octanol–water partition coefficient (Wildman–Crippen LogP) is 1.25. The van der Waals surface area contributed by atoms with E-state index in [1.807, 2.05) is 0 Å². The van der Waals surface area contributed by atoms with E-state index in [1.54, 1.807) is 42.7 Å². The Morgan fingerprint density at radius 1 is 1.39 bits per heavy atom. The summed E-state index contributed by atoms with van der Waals surface area (Å²) in [4.78, 5) is 30.9. The topological polar surface area (TPSA) is 89.0 Å². The van der Waals surface area contributed by atoms with Gasteiger partial charge in [0.1, 0.15) is 5.56 Å². The molecular weight excluding hydrogens is 296 g/mol. The summed E-state index contributed by atoms with van der Waals surface area (Å²) < 4.78 is 7.06. The quantitative estimate of drug-likeness (QED) is 0.888. The van der Waals surface area contributed by atoms with Crippen molar-refractivity contribution in [3.8, 4) is 5.69 Å². The molecule has 1 fully saturated rings. The van der Waals surface area contributed by atoms with Gasteiger partial charge in [-0.05, 0) is 31.7 Å². The third-order valence-corrected chi connectivity index (χ3v) is 4.28. The van der Waals surface area contributed by atoms with Crippen molar-refractivity contribution in [2.45, 2.75) is 37.8 Å². The molecule has 0 bridgehead atoms. The smallest absolute Gasteiger partial charge is 0.260 e. The molecular formula is C16H20N4O3. The van der Waals surface area contributed by atoms with E-state index in [2.05, 4.69) is 15.3 Å². The highest BCUT2D eigenvalue weighted by Crippen LogP contribution is 2.20. The number of rotatable bonds is 4. The summed E-state index contributed by atoms with van der Waals surface area (Å²) in [6.45, 7) is 0.